The van der Waals surface area contributed by atoms with E-state index in [4.69, 9.17) is 9.47 Å². The lowest BCUT2D eigenvalue weighted by atomic mass is 10.0. The Hall–Kier alpha value is -4.44. The van der Waals surface area contributed by atoms with Crippen molar-refractivity contribution in [1.29, 1.82) is 0 Å². The molecule has 0 fully saturated rings. The molecular weight excluding hydrogens is 420 g/mol. The molecule has 0 aliphatic heterocycles. The lowest BCUT2D eigenvalue weighted by molar-refractivity contribution is 0.401. The van der Waals surface area contributed by atoms with Crippen molar-refractivity contribution >= 4 is 46.1 Å². The third-order valence-electron chi connectivity index (χ3n) is 5.83. The third kappa shape index (κ3) is 4.26. The molecule has 4 heteroatoms. The van der Waals surface area contributed by atoms with E-state index in [0.717, 1.165) is 55.6 Å². The molecule has 5 aromatic rings. The molecule has 0 atom stereocenters. The zero-order valence-corrected chi connectivity index (χ0v) is 19.1. The van der Waals surface area contributed by atoms with E-state index in [9.17, 15) is 0 Å². The molecule has 0 saturated heterocycles. The molecule has 0 N–H and O–H groups in total. The summed E-state index contributed by atoms with van der Waals surface area (Å²) in [6.45, 7) is 0. The first-order chi connectivity index (χ1) is 16.8. The maximum atomic E-state index is 5.72. The average Bonchev–Trinajstić information content (AvgIpc) is 2.90. The van der Waals surface area contributed by atoms with Crippen LogP contribution in [-0.4, -0.2) is 24.2 Å². The Bertz CT molecular complexity index is 1410. The molecule has 0 bridgehead atoms. The molecule has 5 rings (SSSR count). The zero-order valence-electron chi connectivity index (χ0n) is 19.1. The molecule has 0 aliphatic rings. The SMILES string of the molecule is COc1cc(C=Cc2ccnc3ccccc23)c(OC)cc1C=Cc1ccnc2ccccc12. The van der Waals surface area contributed by atoms with Gasteiger partial charge in [0.15, 0.2) is 0 Å². The summed E-state index contributed by atoms with van der Waals surface area (Å²) in [4.78, 5) is 8.89. The van der Waals surface area contributed by atoms with E-state index in [-0.39, 0.29) is 0 Å². The van der Waals surface area contributed by atoms with Gasteiger partial charge in [-0.15, -0.1) is 0 Å². The molecule has 2 heterocycles. The summed E-state index contributed by atoms with van der Waals surface area (Å²) in [7, 11) is 3.37. The minimum absolute atomic E-state index is 0.773. The number of aromatic nitrogens is 2. The Labute approximate surface area is 198 Å². The standard InChI is InChI=1S/C30H24N2O2/c1-33-29-19-24(14-12-22-16-18-32-28-10-6-4-8-26(22)28)30(34-2)20-23(29)13-11-21-15-17-31-27-9-5-3-7-25(21)27/h3-20H,1-2H3. The maximum absolute atomic E-state index is 5.72. The molecule has 0 unspecified atom stereocenters. The van der Waals surface area contributed by atoms with Crippen molar-refractivity contribution in [2.75, 3.05) is 14.2 Å². The smallest absolute Gasteiger partial charge is 0.126 e. The van der Waals surface area contributed by atoms with Crippen LogP contribution < -0.4 is 9.47 Å². The van der Waals surface area contributed by atoms with Gasteiger partial charge in [-0.1, -0.05) is 60.7 Å². The number of nitrogens with zero attached hydrogens (tertiary/aromatic N) is 2. The first kappa shape index (κ1) is 21.4. The van der Waals surface area contributed by atoms with Crippen LogP contribution in [0.4, 0.5) is 0 Å². The molecule has 0 spiro atoms. The molecule has 0 amide bonds. The Morgan fingerprint density at radius 2 is 0.941 bits per heavy atom. The summed E-state index contributed by atoms with van der Waals surface area (Å²) in [5.74, 6) is 1.55. The van der Waals surface area contributed by atoms with E-state index in [1.54, 1.807) is 14.2 Å². The summed E-state index contributed by atoms with van der Waals surface area (Å²) in [6.07, 6.45) is 11.9. The van der Waals surface area contributed by atoms with Gasteiger partial charge in [0.05, 0.1) is 25.3 Å². The number of methoxy groups -OCH3 is 2. The van der Waals surface area contributed by atoms with Gasteiger partial charge in [-0.05, 0) is 47.5 Å². The molecule has 2 aromatic heterocycles. The Morgan fingerprint density at radius 1 is 0.529 bits per heavy atom. The summed E-state index contributed by atoms with van der Waals surface area (Å²) < 4.78 is 11.4. The van der Waals surface area contributed by atoms with Gasteiger partial charge in [0.25, 0.3) is 0 Å². The highest BCUT2D eigenvalue weighted by molar-refractivity contribution is 5.92. The lowest BCUT2D eigenvalue weighted by Crippen LogP contribution is -1.93. The highest BCUT2D eigenvalue weighted by Crippen LogP contribution is 2.32. The summed E-state index contributed by atoms with van der Waals surface area (Å²) in [5.41, 5.74) is 6.01. The molecule has 34 heavy (non-hydrogen) atoms. The number of pyridine rings is 2. The van der Waals surface area contributed by atoms with Crippen LogP contribution in [0.25, 0.3) is 46.1 Å². The minimum Gasteiger partial charge on any atom is -0.496 e. The number of hydrogen-bond acceptors (Lipinski definition) is 4. The van der Waals surface area contributed by atoms with Crippen molar-refractivity contribution in [3.63, 3.8) is 0 Å². The fraction of sp³-hybridized carbons (Fsp3) is 0.0667. The second-order valence-corrected chi connectivity index (χ2v) is 7.84. The van der Waals surface area contributed by atoms with E-state index in [1.807, 2.05) is 85.2 Å². The van der Waals surface area contributed by atoms with Gasteiger partial charge in [0.2, 0.25) is 0 Å². The first-order valence-corrected chi connectivity index (χ1v) is 11.1. The van der Waals surface area contributed by atoms with Gasteiger partial charge in [0, 0.05) is 34.3 Å². The zero-order chi connectivity index (χ0) is 23.3. The first-order valence-electron chi connectivity index (χ1n) is 11.1. The van der Waals surface area contributed by atoms with Crippen LogP contribution in [0, 0.1) is 0 Å². The summed E-state index contributed by atoms with van der Waals surface area (Å²) >= 11 is 0. The fourth-order valence-electron chi connectivity index (χ4n) is 4.09. The van der Waals surface area contributed by atoms with Gasteiger partial charge < -0.3 is 9.47 Å². The summed E-state index contributed by atoms with van der Waals surface area (Å²) in [5, 5.41) is 2.22. The Morgan fingerprint density at radius 3 is 1.38 bits per heavy atom. The maximum Gasteiger partial charge on any atom is 0.126 e. The minimum atomic E-state index is 0.773. The predicted octanol–water partition coefficient (Wildman–Crippen LogP) is 7.14. The van der Waals surface area contributed by atoms with Crippen molar-refractivity contribution in [1.82, 2.24) is 9.97 Å². The predicted molar refractivity (Wildman–Crippen MR) is 141 cm³/mol. The molecule has 4 nitrogen and oxygen atoms in total. The van der Waals surface area contributed by atoms with Crippen molar-refractivity contribution in [3.05, 3.63) is 107 Å². The second-order valence-electron chi connectivity index (χ2n) is 7.84. The van der Waals surface area contributed by atoms with Crippen LogP contribution in [0.15, 0.2) is 85.2 Å². The number of ether oxygens (including phenoxy) is 2. The monoisotopic (exact) mass is 444 g/mol. The van der Waals surface area contributed by atoms with Gasteiger partial charge in [-0.25, -0.2) is 0 Å². The molecule has 166 valence electrons. The summed E-state index contributed by atoms with van der Waals surface area (Å²) in [6, 6.07) is 24.3. The fourth-order valence-corrected chi connectivity index (χ4v) is 4.09. The number of rotatable bonds is 6. The number of fused-ring (bicyclic) bond motifs is 2. The van der Waals surface area contributed by atoms with Crippen LogP contribution >= 0.6 is 0 Å². The van der Waals surface area contributed by atoms with Crippen LogP contribution in [0.2, 0.25) is 0 Å². The number of hydrogen-bond donors (Lipinski definition) is 0. The van der Waals surface area contributed by atoms with Gasteiger partial charge in [-0.2, -0.15) is 0 Å². The third-order valence-corrected chi connectivity index (χ3v) is 5.83. The molecular formula is C30H24N2O2. The Kier molecular flexibility index (Phi) is 6.04. The van der Waals surface area contributed by atoms with E-state index in [1.165, 1.54) is 0 Å². The van der Waals surface area contributed by atoms with Crippen molar-refractivity contribution in [3.8, 4) is 11.5 Å². The van der Waals surface area contributed by atoms with E-state index in [2.05, 4.69) is 34.3 Å². The van der Waals surface area contributed by atoms with E-state index >= 15 is 0 Å². The normalized spacial score (nSPS) is 11.6. The average molecular weight is 445 g/mol. The highest BCUT2D eigenvalue weighted by Gasteiger charge is 2.09. The Balaban J connectivity index is 1.51. The molecule has 3 aromatic carbocycles. The van der Waals surface area contributed by atoms with Gasteiger partial charge in [-0.3, -0.25) is 9.97 Å². The van der Waals surface area contributed by atoms with E-state index in [0.29, 0.717) is 0 Å². The quantitative estimate of drug-likeness (QED) is 0.279. The lowest BCUT2D eigenvalue weighted by Gasteiger charge is -2.11. The van der Waals surface area contributed by atoms with Crippen LogP contribution in [0.3, 0.4) is 0 Å². The van der Waals surface area contributed by atoms with Crippen molar-refractivity contribution in [2.24, 2.45) is 0 Å². The second kappa shape index (κ2) is 9.59. The number of para-hydroxylation sites is 2. The van der Waals surface area contributed by atoms with Crippen molar-refractivity contribution < 1.29 is 9.47 Å². The molecule has 0 aliphatic carbocycles. The van der Waals surface area contributed by atoms with Crippen LogP contribution in [0.5, 0.6) is 11.5 Å². The molecule has 0 saturated carbocycles. The highest BCUT2D eigenvalue weighted by atomic mass is 16.5. The van der Waals surface area contributed by atoms with E-state index < -0.39 is 0 Å². The van der Waals surface area contributed by atoms with Gasteiger partial charge in [0.1, 0.15) is 11.5 Å². The van der Waals surface area contributed by atoms with Crippen LogP contribution in [0.1, 0.15) is 22.3 Å². The number of benzene rings is 3. The largest absolute Gasteiger partial charge is 0.496 e. The van der Waals surface area contributed by atoms with Crippen molar-refractivity contribution in [2.45, 2.75) is 0 Å². The topological polar surface area (TPSA) is 44.2 Å². The molecule has 0 radical (unpaired) electrons. The van der Waals surface area contributed by atoms with Crippen LogP contribution in [-0.2, 0) is 0 Å². The van der Waals surface area contributed by atoms with Gasteiger partial charge >= 0.3 is 0 Å².